The lowest BCUT2D eigenvalue weighted by molar-refractivity contribution is -0.139. The molecule has 0 saturated carbocycles. The fourth-order valence-corrected chi connectivity index (χ4v) is 2.15. The van der Waals surface area contributed by atoms with E-state index in [9.17, 15) is 14.3 Å². The highest BCUT2D eigenvalue weighted by Gasteiger charge is 2.20. The van der Waals surface area contributed by atoms with E-state index in [1.165, 1.54) is 24.3 Å². The molecule has 0 bridgehead atoms. The molecule has 0 saturated heterocycles. The van der Waals surface area contributed by atoms with Gasteiger partial charge in [0.05, 0.1) is 19.6 Å². The van der Waals surface area contributed by atoms with Gasteiger partial charge in [0.25, 0.3) is 0 Å². The summed E-state index contributed by atoms with van der Waals surface area (Å²) in [6.07, 6.45) is 0.277. The van der Waals surface area contributed by atoms with Gasteiger partial charge in [-0.2, -0.15) is 0 Å². The van der Waals surface area contributed by atoms with Crippen LogP contribution in [-0.4, -0.2) is 24.8 Å². The molecule has 5 heteroatoms. The van der Waals surface area contributed by atoms with E-state index in [0.29, 0.717) is 17.1 Å². The Bertz CT molecular complexity index is 625. The first-order chi connectivity index (χ1) is 10.6. The van der Waals surface area contributed by atoms with Crippen LogP contribution in [-0.2, 0) is 4.79 Å². The van der Waals surface area contributed by atoms with Gasteiger partial charge >= 0.3 is 5.97 Å². The first-order valence-electron chi connectivity index (χ1n) is 6.86. The van der Waals surface area contributed by atoms with Gasteiger partial charge in [-0.25, -0.2) is 4.39 Å². The molecule has 2 rings (SSSR count). The molecule has 2 aromatic carbocycles. The van der Waals surface area contributed by atoms with Crippen molar-refractivity contribution in [3.63, 3.8) is 0 Å². The maximum absolute atomic E-state index is 12.9. The summed E-state index contributed by atoms with van der Waals surface area (Å²) in [6.45, 7) is 0.217. The zero-order chi connectivity index (χ0) is 15.9. The van der Waals surface area contributed by atoms with Crippen LogP contribution in [0, 0.1) is 5.82 Å². The number of rotatable bonds is 7. The molecule has 0 amide bonds. The molecule has 1 atom stereocenters. The van der Waals surface area contributed by atoms with Crippen LogP contribution in [0.3, 0.4) is 0 Å². The van der Waals surface area contributed by atoms with Crippen molar-refractivity contribution < 1.29 is 23.8 Å². The Balaban J connectivity index is 2.01. The number of aliphatic carboxylic acids is 1. The van der Waals surface area contributed by atoms with Crippen molar-refractivity contribution in [1.82, 2.24) is 0 Å². The number of carbonyl (C=O) groups is 1. The maximum atomic E-state index is 12.9. The molecule has 2 aromatic rings. The molecule has 1 N–H and O–H groups in total. The number of ether oxygens (including phenoxy) is 2. The van der Waals surface area contributed by atoms with E-state index in [-0.39, 0.29) is 13.0 Å². The molecule has 116 valence electrons. The fourth-order valence-electron chi connectivity index (χ4n) is 2.15. The Morgan fingerprint density at radius 2 is 1.77 bits per heavy atom. The summed E-state index contributed by atoms with van der Waals surface area (Å²) < 4.78 is 23.7. The number of halogens is 1. The minimum Gasteiger partial charge on any atom is -0.493 e. The van der Waals surface area contributed by atoms with E-state index in [2.05, 4.69) is 0 Å². The normalized spacial score (nSPS) is 11.7. The van der Waals surface area contributed by atoms with E-state index >= 15 is 0 Å². The first-order valence-corrected chi connectivity index (χ1v) is 6.86. The molecule has 0 aromatic heterocycles. The molecular weight excluding hydrogens is 287 g/mol. The minimum atomic E-state index is -0.963. The van der Waals surface area contributed by atoms with Crippen molar-refractivity contribution in [2.45, 2.75) is 12.3 Å². The number of hydrogen-bond donors (Lipinski definition) is 1. The zero-order valence-electron chi connectivity index (χ0n) is 12.2. The van der Waals surface area contributed by atoms with Crippen molar-refractivity contribution in [2.75, 3.05) is 13.7 Å². The van der Waals surface area contributed by atoms with Crippen LogP contribution in [0.2, 0.25) is 0 Å². The number of benzene rings is 2. The van der Waals surface area contributed by atoms with Crippen LogP contribution in [0.1, 0.15) is 17.9 Å². The lowest BCUT2D eigenvalue weighted by Crippen LogP contribution is -2.15. The van der Waals surface area contributed by atoms with Gasteiger partial charge in [0.15, 0.2) is 11.5 Å². The highest BCUT2D eigenvalue weighted by Crippen LogP contribution is 2.27. The van der Waals surface area contributed by atoms with Crippen LogP contribution in [0.5, 0.6) is 11.5 Å². The predicted octanol–water partition coefficient (Wildman–Crippen LogP) is 3.47. The van der Waals surface area contributed by atoms with Crippen molar-refractivity contribution >= 4 is 5.97 Å². The average molecular weight is 304 g/mol. The summed E-state index contributed by atoms with van der Waals surface area (Å²) in [5.74, 6) is -0.937. The van der Waals surface area contributed by atoms with E-state index < -0.39 is 17.7 Å². The Hall–Kier alpha value is -2.56. The van der Waals surface area contributed by atoms with Gasteiger partial charge in [0.2, 0.25) is 0 Å². The molecule has 0 fully saturated rings. The smallest absolute Gasteiger partial charge is 0.311 e. The van der Waals surface area contributed by atoms with Gasteiger partial charge in [-0.05, 0) is 36.2 Å². The van der Waals surface area contributed by atoms with Gasteiger partial charge < -0.3 is 14.6 Å². The number of methoxy groups -OCH3 is 1. The van der Waals surface area contributed by atoms with Gasteiger partial charge in [0, 0.05) is 0 Å². The van der Waals surface area contributed by atoms with Crippen LogP contribution in [0.4, 0.5) is 4.39 Å². The molecule has 1 unspecified atom stereocenters. The summed E-state index contributed by atoms with van der Waals surface area (Å²) in [5, 5.41) is 9.32. The van der Waals surface area contributed by atoms with E-state index in [0.717, 1.165) is 0 Å². The second kappa shape index (κ2) is 7.45. The number of hydrogen-bond acceptors (Lipinski definition) is 3. The largest absolute Gasteiger partial charge is 0.493 e. The Morgan fingerprint density at radius 3 is 2.36 bits per heavy atom. The number of carboxylic acids is 1. The minimum absolute atomic E-state index is 0.217. The summed E-state index contributed by atoms with van der Waals surface area (Å²) in [4.78, 5) is 11.4. The first kappa shape index (κ1) is 15.8. The predicted molar refractivity (Wildman–Crippen MR) is 79.9 cm³/mol. The second-order valence-electron chi connectivity index (χ2n) is 4.73. The average Bonchev–Trinajstić information content (AvgIpc) is 2.53. The standard InChI is InChI=1S/C17H17FO4/c1-21-15-4-2-3-5-16(15)22-11-10-14(17(19)20)12-6-8-13(18)9-7-12/h2-9,14H,10-11H2,1H3,(H,19,20). The van der Waals surface area contributed by atoms with Crippen molar-refractivity contribution in [3.8, 4) is 11.5 Å². The van der Waals surface area contributed by atoms with Gasteiger partial charge in [-0.1, -0.05) is 24.3 Å². The van der Waals surface area contributed by atoms with Gasteiger partial charge in [-0.3, -0.25) is 4.79 Å². The lowest BCUT2D eigenvalue weighted by Gasteiger charge is -2.14. The van der Waals surface area contributed by atoms with Crippen molar-refractivity contribution in [1.29, 1.82) is 0 Å². The summed E-state index contributed by atoms with van der Waals surface area (Å²) in [7, 11) is 1.54. The molecule has 22 heavy (non-hydrogen) atoms. The van der Waals surface area contributed by atoms with Crippen LogP contribution in [0.15, 0.2) is 48.5 Å². The quantitative estimate of drug-likeness (QED) is 0.851. The van der Waals surface area contributed by atoms with Crippen LogP contribution >= 0.6 is 0 Å². The Kier molecular flexibility index (Phi) is 5.36. The van der Waals surface area contributed by atoms with Crippen LogP contribution in [0.25, 0.3) is 0 Å². The topological polar surface area (TPSA) is 55.8 Å². The molecule has 0 aliphatic carbocycles. The molecular formula is C17H17FO4. The highest BCUT2D eigenvalue weighted by molar-refractivity contribution is 5.76. The number of para-hydroxylation sites is 2. The monoisotopic (exact) mass is 304 g/mol. The van der Waals surface area contributed by atoms with Gasteiger partial charge in [-0.15, -0.1) is 0 Å². The Labute approximate surface area is 128 Å². The third kappa shape index (κ3) is 3.97. The van der Waals surface area contributed by atoms with E-state index in [4.69, 9.17) is 9.47 Å². The van der Waals surface area contributed by atoms with E-state index in [1.807, 2.05) is 12.1 Å². The molecule has 0 aliphatic rings. The number of carboxylic acid groups (broad SMARTS) is 1. The summed E-state index contributed by atoms with van der Waals surface area (Å²) in [6, 6.07) is 12.6. The van der Waals surface area contributed by atoms with Gasteiger partial charge in [0.1, 0.15) is 5.82 Å². The zero-order valence-corrected chi connectivity index (χ0v) is 12.2. The summed E-state index contributed by atoms with van der Waals surface area (Å²) in [5.41, 5.74) is 0.553. The molecule has 0 radical (unpaired) electrons. The Morgan fingerprint density at radius 1 is 1.14 bits per heavy atom. The lowest BCUT2D eigenvalue weighted by atomic mass is 9.96. The third-order valence-corrected chi connectivity index (χ3v) is 3.30. The third-order valence-electron chi connectivity index (χ3n) is 3.30. The van der Waals surface area contributed by atoms with Crippen LogP contribution < -0.4 is 9.47 Å². The fraction of sp³-hybridized carbons (Fsp3) is 0.235. The van der Waals surface area contributed by atoms with Crippen molar-refractivity contribution in [3.05, 3.63) is 59.9 Å². The molecule has 0 heterocycles. The molecule has 0 aliphatic heterocycles. The van der Waals surface area contributed by atoms with Crippen molar-refractivity contribution in [2.24, 2.45) is 0 Å². The van der Waals surface area contributed by atoms with E-state index in [1.54, 1.807) is 19.2 Å². The molecule has 0 spiro atoms. The second-order valence-corrected chi connectivity index (χ2v) is 4.73. The SMILES string of the molecule is COc1ccccc1OCCC(C(=O)O)c1ccc(F)cc1. The highest BCUT2D eigenvalue weighted by atomic mass is 19.1. The molecule has 4 nitrogen and oxygen atoms in total. The maximum Gasteiger partial charge on any atom is 0.311 e. The summed E-state index contributed by atoms with van der Waals surface area (Å²) >= 11 is 0.